The van der Waals surface area contributed by atoms with Gasteiger partial charge in [-0.15, -0.1) is 0 Å². The molecule has 2 aromatic rings. The van der Waals surface area contributed by atoms with E-state index in [1.165, 1.54) is 22.3 Å². The summed E-state index contributed by atoms with van der Waals surface area (Å²) in [6.45, 7) is 13.6. The lowest BCUT2D eigenvalue weighted by molar-refractivity contribution is 0.245. The van der Waals surface area contributed by atoms with E-state index in [1.807, 2.05) is 13.8 Å². The van der Waals surface area contributed by atoms with Gasteiger partial charge in [0.2, 0.25) is 0 Å². The number of ether oxygens (including phenoxy) is 2. The summed E-state index contributed by atoms with van der Waals surface area (Å²) < 4.78 is 10.1. The van der Waals surface area contributed by atoms with E-state index in [1.54, 1.807) is 14.2 Å². The lowest BCUT2D eigenvalue weighted by Crippen LogP contribution is -2.01. The van der Waals surface area contributed by atoms with E-state index < -0.39 is 0 Å². The largest absolute Gasteiger partial charge is 0.379 e. The molecular formula is C25H36N2O2. The molecule has 0 aliphatic carbocycles. The molecule has 2 rings (SSSR count). The number of nitrogens with zero attached hydrogens (tertiary/aromatic N) is 2. The third-order valence-corrected chi connectivity index (χ3v) is 4.45. The van der Waals surface area contributed by atoms with Crippen LogP contribution in [0.2, 0.25) is 0 Å². The molecule has 0 bridgehead atoms. The van der Waals surface area contributed by atoms with Gasteiger partial charge in [-0.05, 0) is 63.3 Å². The normalized spacial score (nSPS) is 11.9. The van der Waals surface area contributed by atoms with Gasteiger partial charge in [-0.3, -0.25) is 9.98 Å². The quantitative estimate of drug-likeness (QED) is 0.513. The zero-order valence-electron chi connectivity index (χ0n) is 19.3. The Morgan fingerprint density at radius 3 is 1.59 bits per heavy atom. The molecule has 29 heavy (non-hydrogen) atoms. The van der Waals surface area contributed by atoms with E-state index in [0.29, 0.717) is 13.2 Å². The minimum Gasteiger partial charge on any atom is -0.379 e. The number of methoxy groups -OCH3 is 2. The molecule has 4 nitrogen and oxygen atoms in total. The SMILES string of the molecule is CCc1cccc(C)c1N=C(C)COC.COCC(C)=Nc1c(C)cccc1C. The molecule has 0 atom stereocenters. The van der Waals surface area contributed by atoms with Gasteiger partial charge in [0.15, 0.2) is 0 Å². The average Bonchev–Trinajstić information content (AvgIpc) is 2.67. The smallest absolute Gasteiger partial charge is 0.0842 e. The fraction of sp³-hybridized carbons (Fsp3) is 0.440. The van der Waals surface area contributed by atoms with Crippen molar-refractivity contribution in [3.05, 3.63) is 58.7 Å². The summed E-state index contributed by atoms with van der Waals surface area (Å²) in [6, 6.07) is 12.5. The molecule has 0 spiro atoms. The van der Waals surface area contributed by atoms with Gasteiger partial charge in [0.05, 0.1) is 24.6 Å². The van der Waals surface area contributed by atoms with Crippen LogP contribution in [0.15, 0.2) is 46.4 Å². The molecule has 0 unspecified atom stereocenters. The van der Waals surface area contributed by atoms with Gasteiger partial charge in [-0.25, -0.2) is 0 Å². The first-order chi connectivity index (χ1) is 13.8. The van der Waals surface area contributed by atoms with Crippen molar-refractivity contribution in [3.8, 4) is 0 Å². The van der Waals surface area contributed by atoms with Crippen LogP contribution in [0.3, 0.4) is 0 Å². The van der Waals surface area contributed by atoms with Crippen LogP contribution in [0.4, 0.5) is 11.4 Å². The van der Waals surface area contributed by atoms with Crippen molar-refractivity contribution in [1.29, 1.82) is 0 Å². The molecule has 0 radical (unpaired) electrons. The van der Waals surface area contributed by atoms with Crippen molar-refractivity contribution in [2.75, 3.05) is 27.4 Å². The van der Waals surface area contributed by atoms with Gasteiger partial charge in [-0.2, -0.15) is 0 Å². The van der Waals surface area contributed by atoms with E-state index in [9.17, 15) is 0 Å². The Balaban J connectivity index is 0.000000291. The predicted octanol–water partition coefficient (Wildman–Crippen LogP) is 6.34. The summed E-state index contributed by atoms with van der Waals surface area (Å²) in [5, 5.41) is 0. The van der Waals surface area contributed by atoms with Crippen molar-refractivity contribution >= 4 is 22.8 Å². The van der Waals surface area contributed by atoms with Crippen LogP contribution in [0.25, 0.3) is 0 Å². The highest BCUT2D eigenvalue weighted by Gasteiger charge is 2.03. The summed E-state index contributed by atoms with van der Waals surface area (Å²) >= 11 is 0. The lowest BCUT2D eigenvalue weighted by Gasteiger charge is -2.07. The Kier molecular flexibility index (Phi) is 11.1. The number of benzene rings is 2. The second-order valence-electron chi connectivity index (χ2n) is 7.24. The number of rotatable bonds is 7. The van der Waals surface area contributed by atoms with Crippen LogP contribution >= 0.6 is 0 Å². The molecule has 0 aromatic heterocycles. The molecular weight excluding hydrogens is 360 g/mol. The molecule has 0 heterocycles. The third kappa shape index (κ3) is 8.30. The second kappa shape index (κ2) is 13.0. The Hall–Kier alpha value is -2.30. The van der Waals surface area contributed by atoms with Gasteiger partial charge < -0.3 is 9.47 Å². The van der Waals surface area contributed by atoms with Crippen LogP contribution < -0.4 is 0 Å². The first-order valence-electron chi connectivity index (χ1n) is 10.0. The summed E-state index contributed by atoms with van der Waals surface area (Å²) in [5.41, 5.74) is 9.14. The Bertz CT molecular complexity index is 818. The fourth-order valence-electron chi connectivity index (χ4n) is 3.01. The number of para-hydroxylation sites is 2. The van der Waals surface area contributed by atoms with Gasteiger partial charge in [0, 0.05) is 25.6 Å². The lowest BCUT2D eigenvalue weighted by atomic mass is 10.1. The topological polar surface area (TPSA) is 43.2 Å². The molecule has 0 saturated carbocycles. The van der Waals surface area contributed by atoms with Crippen LogP contribution in [0.5, 0.6) is 0 Å². The molecule has 0 saturated heterocycles. The highest BCUT2D eigenvalue weighted by molar-refractivity contribution is 5.87. The Labute approximate surface area is 176 Å². The van der Waals surface area contributed by atoms with Gasteiger partial charge in [-0.1, -0.05) is 43.3 Å². The maximum Gasteiger partial charge on any atom is 0.0842 e. The summed E-state index contributed by atoms with van der Waals surface area (Å²) in [5.74, 6) is 0. The highest BCUT2D eigenvalue weighted by Crippen LogP contribution is 2.25. The molecule has 0 N–H and O–H groups in total. The molecule has 0 amide bonds. The molecule has 0 fully saturated rings. The standard InChI is InChI=1S/C13H19NO.C12H17NO/c1-5-12-8-6-7-10(2)13(12)14-11(3)9-15-4;1-9-6-5-7-10(2)12(9)13-11(3)8-14-4/h6-8H,5,9H2,1-4H3;5-7H,8H2,1-4H3. The van der Waals surface area contributed by atoms with Crippen molar-refractivity contribution in [2.45, 2.75) is 48.0 Å². The molecule has 0 aliphatic rings. The minimum absolute atomic E-state index is 0.591. The highest BCUT2D eigenvalue weighted by atomic mass is 16.5. The molecule has 0 aliphatic heterocycles. The molecule has 2 aromatic carbocycles. The van der Waals surface area contributed by atoms with Crippen molar-refractivity contribution < 1.29 is 9.47 Å². The van der Waals surface area contributed by atoms with Gasteiger partial charge >= 0.3 is 0 Å². The van der Waals surface area contributed by atoms with Crippen LogP contribution in [0, 0.1) is 20.8 Å². The average molecular weight is 397 g/mol. The Morgan fingerprint density at radius 2 is 1.14 bits per heavy atom. The first-order valence-corrected chi connectivity index (χ1v) is 10.0. The monoisotopic (exact) mass is 396 g/mol. The fourth-order valence-corrected chi connectivity index (χ4v) is 3.01. The molecule has 4 heteroatoms. The summed E-state index contributed by atoms with van der Waals surface area (Å²) in [4.78, 5) is 9.15. The van der Waals surface area contributed by atoms with E-state index in [-0.39, 0.29) is 0 Å². The van der Waals surface area contributed by atoms with Crippen molar-refractivity contribution in [1.82, 2.24) is 0 Å². The van der Waals surface area contributed by atoms with E-state index in [4.69, 9.17) is 9.47 Å². The molecule has 158 valence electrons. The third-order valence-electron chi connectivity index (χ3n) is 4.45. The van der Waals surface area contributed by atoms with Gasteiger partial charge in [0.1, 0.15) is 0 Å². The van der Waals surface area contributed by atoms with E-state index >= 15 is 0 Å². The van der Waals surface area contributed by atoms with Crippen molar-refractivity contribution in [3.63, 3.8) is 0 Å². The summed E-state index contributed by atoms with van der Waals surface area (Å²) in [6.07, 6.45) is 1.01. The Morgan fingerprint density at radius 1 is 0.724 bits per heavy atom. The first kappa shape index (κ1) is 24.7. The number of aliphatic imine (C=N–C) groups is 2. The predicted molar refractivity (Wildman–Crippen MR) is 126 cm³/mol. The number of aryl methyl sites for hydroxylation is 4. The zero-order valence-corrected chi connectivity index (χ0v) is 19.3. The van der Waals surface area contributed by atoms with Crippen LogP contribution in [-0.2, 0) is 15.9 Å². The van der Waals surface area contributed by atoms with Crippen LogP contribution in [-0.4, -0.2) is 38.9 Å². The maximum absolute atomic E-state index is 5.06. The van der Waals surface area contributed by atoms with Gasteiger partial charge in [0.25, 0.3) is 0 Å². The number of hydrogen-bond donors (Lipinski definition) is 0. The second-order valence-corrected chi connectivity index (χ2v) is 7.24. The maximum atomic E-state index is 5.06. The van der Waals surface area contributed by atoms with E-state index in [2.05, 4.69) is 74.1 Å². The summed E-state index contributed by atoms with van der Waals surface area (Å²) in [7, 11) is 3.38. The number of hydrogen-bond acceptors (Lipinski definition) is 4. The van der Waals surface area contributed by atoms with Crippen molar-refractivity contribution in [2.24, 2.45) is 9.98 Å². The zero-order chi connectivity index (χ0) is 21.8. The van der Waals surface area contributed by atoms with E-state index in [0.717, 1.165) is 29.2 Å². The van der Waals surface area contributed by atoms with Crippen LogP contribution in [0.1, 0.15) is 43.0 Å². The minimum atomic E-state index is 0.591.